The van der Waals surface area contributed by atoms with Gasteiger partial charge in [0.25, 0.3) is 0 Å². The number of hydrogen-bond acceptors (Lipinski definition) is 0. The average Bonchev–Trinajstić information content (AvgIpc) is 2.70. The average molecular weight is 664 g/mol. The third-order valence-corrected chi connectivity index (χ3v) is 5.30. The van der Waals surface area contributed by atoms with Crippen molar-refractivity contribution in [3.8, 4) is 0 Å². The highest BCUT2D eigenvalue weighted by Gasteiger charge is 2.74. The van der Waals surface area contributed by atoms with Crippen LogP contribution < -0.4 is 0 Å². The smallest absolute Gasteiger partial charge is 0.269 e. The van der Waals surface area contributed by atoms with Gasteiger partial charge in [-0.05, 0) is 0 Å². The monoisotopic (exact) mass is 664 g/mol. The number of rotatable bonds is 0. The van der Waals surface area contributed by atoms with E-state index in [0.29, 0.717) is 0 Å². The predicted octanol–water partition coefficient (Wildman–Crippen LogP) is 9.10. The number of hydrogen-bond donors (Lipinski definition) is 0. The number of benzene rings is 2. The lowest BCUT2D eigenvalue weighted by atomic mass is 9.68. The maximum absolute atomic E-state index is 14.9. The quantitative estimate of drug-likeness (QED) is 0.114. The highest BCUT2D eigenvalue weighted by Crippen LogP contribution is 2.68. The molecule has 0 unspecified atom stereocenters. The zero-order chi connectivity index (χ0) is 26.1. The molecule has 0 heterocycles. The van der Waals surface area contributed by atoms with Gasteiger partial charge >= 0.3 is 23.7 Å². The Bertz CT molecular complexity index is 1150. The lowest BCUT2D eigenvalue weighted by molar-refractivity contribution is -0.124. The first-order chi connectivity index (χ1) is 15.3. The fourth-order valence-corrected chi connectivity index (χ4v) is 3.96. The second kappa shape index (κ2) is 11.4. The highest BCUT2D eigenvalue weighted by atomic mass is 32.1. The molecule has 2 aliphatic rings. The Kier molecular flexibility index (Phi) is 12.0. The molecule has 0 aromatic heterocycles. The summed E-state index contributed by atoms with van der Waals surface area (Å²) < 4.78 is 229. The fourth-order valence-electron chi connectivity index (χ4n) is 3.96. The third-order valence-electron chi connectivity index (χ3n) is 5.30. The van der Waals surface area contributed by atoms with Crippen molar-refractivity contribution in [2.24, 2.45) is 0 Å². The Morgan fingerprint density at radius 1 is 0.275 bits per heavy atom. The number of halogens is 20. The van der Waals surface area contributed by atoms with Crippen LogP contribution in [-0.4, -0.2) is 0 Å². The molecule has 0 spiro atoms. The molecular formula is C18H4F20S2. The van der Waals surface area contributed by atoms with E-state index in [2.05, 4.69) is 0 Å². The Morgan fingerprint density at radius 3 is 0.525 bits per heavy atom. The van der Waals surface area contributed by atoms with E-state index in [-0.39, 0.29) is 45.8 Å². The van der Waals surface area contributed by atoms with Crippen molar-refractivity contribution < 1.29 is 89.1 Å². The molecule has 0 aliphatic heterocycles. The zero-order valence-corrected chi connectivity index (χ0v) is 19.1. The van der Waals surface area contributed by atoms with E-state index in [4.69, 9.17) is 0 Å². The summed E-state index contributed by atoms with van der Waals surface area (Å²) in [7, 11) is 0. The topological polar surface area (TPSA) is 0 Å². The molecule has 2 aromatic carbocycles. The first-order valence-corrected chi connectivity index (χ1v) is 8.27. The van der Waals surface area contributed by atoms with E-state index in [1.54, 1.807) is 0 Å². The van der Waals surface area contributed by atoms with Crippen molar-refractivity contribution in [3.05, 3.63) is 79.9 Å². The molecule has 2 aromatic rings. The molecule has 22 heteroatoms. The lowest BCUT2D eigenvalue weighted by Gasteiger charge is -2.44. The van der Waals surface area contributed by atoms with Gasteiger partial charge in [-0.2, -0.15) is 35.1 Å². The molecule has 0 fully saturated rings. The minimum absolute atomic E-state index is 0. The van der Waals surface area contributed by atoms with E-state index in [1.807, 2.05) is 0 Å². The largest absolute Gasteiger partial charge is 0.304 e. The van der Waals surface area contributed by atoms with Crippen LogP contribution in [0.15, 0.2) is 11.1 Å². The Morgan fingerprint density at radius 2 is 0.400 bits per heavy atom. The van der Waals surface area contributed by atoms with Gasteiger partial charge in [-0.3, -0.25) is 18.8 Å². The van der Waals surface area contributed by atoms with Gasteiger partial charge in [0.15, 0.2) is 46.5 Å². The van der Waals surface area contributed by atoms with Gasteiger partial charge in [-0.25, -0.2) is 35.1 Å². The first kappa shape index (κ1) is 42.0. The van der Waals surface area contributed by atoms with Gasteiger partial charge in [-0.15, -0.1) is 0 Å². The lowest BCUT2D eigenvalue weighted by Crippen LogP contribution is -2.50. The number of alkyl halides is 8. The Balaban J connectivity index is -0.00000228. The molecule has 2 aliphatic carbocycles. The van der Waals surface area contributed by atoms with Gasteiger partial charge < -0.3 is 0 Å². The van der Waals surface area contributed by atoms with Crippen LogP contribution in [0, 0.1) is 46.5 Å². The molecule has 0 saturated heterocycles. The fraction of sp³-hybridized carbons (Fsp3) is 0.222. The van der Waals surface area contributed by atoms with Crippen molar-refractivity contribution >= 4 is 27.0 Å². The molecule has 4 radical (unpaired) electrons. The summed E-state index contributed by atoms with van der Waals surface area (Å²) in [6, 6.07) is 0. The standard InChI is InChI=1S/C18F16.4FH.2S/c19-5-1-2(6(20)10(24)9(5)23)16(29,30)14-13(15(1,27)28)17(31,32)3-4(18(14,33)34)8(22)12(26)11(25)7(3)21;;;;;;/h;4*1H;;. The zero-order valence-electron chi connectivity index (χ0n) is 17.5. The summed E-state index contributed by atoms with van der Waals surface area (Å²) in [4.78, 5) is 0. The van der Waals surface area contributed by atoms with Crippen LogP contribution in [0.25, 0.3) is 0 Å². The second-order valence-corrected chi connectivity index (χ2v) is 7.06. The van der Waals surface area contributed by atoms with Gasteiger partial charge in [-0.1, -0.05) is 0 Å². The van der Waals surface area contributed by atoms with E-state index in [9.17, 15) is 70.2 Å². The van der Waals surface area contributed by atoms with Crippen LogP contribution in [-0.2, 0) is 23.7 Å². The molecule has 0 N–H and O–H groups in total. The van der Waals surface area contributed by atoms with Crippen molar-refractivity contribution in [1.29, 1.82) is 0 Å². The Hall–Kier alpha value is -2.52. The van der Waals surface area contributed by atoms with Crippen LogP contribution in [0.3, 0.4) is 0 Å². The van der Waals surface area contributed by atoms with Crippen molar-refractivity contribution in [2.75, 3.05) is 0 Å². The van der Waals surface area contributed by atoms with Gasteiger partial charge in [0.2, 0.25) is 0 Å². The summed E-state index contributed by atoms with van der Waals surface area (Å²) >= 11 is 0. The second-order valence-electron chi connectivity index (χ2n) is 7.06. The summed E-state index contributed by atoms with van der Waals surface area (Å²) in [6.45, 7) is 0. The van der Waals surface area contributed by atoms with Crippen LogP contribution in [0.2, 0.25) is 0 Å². The molecule has 4 rings (SSSR count). The minimum Gasteiger partial charge on any atom is -0.269 e. The summed E-state index contributed by atoms with van der Waals surface area (Å²) in [6.07, 6.45) is 0. The van der Waals surface area contributed by atoms with E-state index >= 15 is 0 Å². The van der Waals surface area contributed by atoms with E-state index in [0.717, 1.165) is 0 Å². The molecule has 0 atom stereocenters. The van der Waals surface area contributed by atoms with Crippen LogP contribution in [0.1, 0.15) is 22.3 Å². The van der Waals surface area contributed by atoms with E-state index < -0.39 is 104 Å². The SMILES string of the molecule is F.F.F.F.Fc1c(F)c(F)c2c(c1F)C(F)(F)C1=C(C2(F)F)C(F)(F)c2c(F)c(F)c(F)c(F)c2C1(F)F.[S].[S]. The molecule has 0 bridgehead atoms. The third kappa shape index (κ3) is 4.44. The maximum atomic E-state index is 14.9. The summed E-state index contributed by atoms with van der Waals surface area (Å²) in [5, 5.41) is 0. The van der Waals surface area contributed by atoms with Crippen molar-refractivity contribution in [2.45, 2.75) is 23.7 Å². The highest BCUT2D eigenvalue weighted by molar-refractivity contribution is 7.59. The van der Waals surface area contributed by atoms with Crippen LogP contribution >= 0.6 is 27.0 Å². The van der Waals surface area contributed by atoms with Gasteiger partial charge in [0, 0.05) is 27.0 Å². The molecule has 228 valence electrons. The summed E-state index contributed by atoms with van der Waals surface area (Å²) in [5.41, 5.74) is -21.2. The maximum Gasteiger partial charge on any atom is 0.304 e. The Labute approximate surface area is 220 Å². The van der Waals surface area contributed by atoms with Crippen molar-refractivity contribution in [3.63, 3.8) is 0 Å². The van der Waals surface area contributed by atoms with Gasteiger partial charge in [0.05, 0.1) is 33.4 Å². The molecule has 0 amide bonds. The normalized spacial score (nSPS) is 18.0. The summed E-state index contributed by atoms with van der Waals surface area (Å²) in [5.74, 6) is -51.6. The van der Waals surface area contributed by atoms with Gasteiger partial charge in [0.1, 0.15) is 0 Å². The molecule has 0 nitrogen and oxygen atoms in total. The van der Waals surface area contributed by atoms with Crippen LogP contribution in [0.5, 0.6) is 0 Å². The predicted molar refractivity (Wildman–Crippen MR) is 100 cm³/mol. The van der Waals surface area contributed by atoms with E-state index in [1.165, 1.54) is 0 Å². The van der Waals surface area contributed by atoms with Crippen molar-refractivity contribution in [1.82, 2.24) is 0 Å². The number of fused-ring (bicyclic) bond motifs is 2. The minimum atomic E-state index is -6.27. The first-order valence-electron chi connectivity index (χ1n) is 8.27. The van der Waals surface area contributed by atoms with Crippen LogP contribution in [0.4, 0.5) is 89.1 Å². The molecular weight excluding hydrogens is 660 g/mol. The molecule has 0 saturated carbocycles. The molecule has 40 heavy (non-hydrogen) atoms. The number of allylic oxidation sites excluding steroid dienone is 2.